The van der Waals surface area contributed by atoms with Crippen LogP contribution in [-0.2, 0) is 11.3 Å². The normalized spacial score (nSPS) is 11.8. The summed E-state index contributed by atoms with van der Waals surface area (Å²) >= 11 is 6.07. The van der Waals surface area contributed by atoms with Crippen LogP contribution >= 0.6 is 11.6 Å². The average molecular weight is 370 g/mol. The number of nitrogens with zero attached hydrogens (tertiary/aromatic N) is 2. The number of ether oxygens (including phenoxy) is 1. The van der Waals surface area contributed by atoms with E-state index in [-0.39, 0.29) is 5.91 Å². The van der Waals surface area contributed by atoms with Gasteiger partial charge in [0, 0.05) is 18.9 Å². The largest absolute Gasteiger partial charge is 0.479 e. The minimum absolute atomic E-state index is 0.206. The molecule has 0 bridgehead atoms. The molecule has 2 aromatic carbocycles. The van der Waals surface area contributed by atoms with Gasteiger partial charge in [0.2, 0.25) is 0 Å². The molecule has 1 heterocycles. The van der Waals surface area contributed by atoms with Crippen molar-refractivity contribution in [3.8, 4) is 11.4 Å². The van der Waals surface area contributed by atoms with Crippen molar-refractivity contribution >= 4 is 17.5 Å². The number of benzene rings is 2. The second kappa shape index (κ2) is 8.06. The second-order valence-electron chi connectivity index (χ2n) is 5.88. The predicted molar refractivity (Wildman–Crippen MR) is 102 cm³/mol. The Kier molecular flexibility index (Phi) is 5.58. The maximum absolute atomic E-state index is 12.4. The van der Waals surface area contributed by atoms with Crippen LogP contribution in [0.3, 0.4) is 0 Å². The van der Waals surface area contributed by atoms with Crippen LogP contribution in [0, 0.1) is 6.92 Å². The summed E-state index contributed by atoms with van der Waals surface area (Å²) in [6.45, 7) is 4.03. The van der Waals surface area contributed by atoms with E-state index >= 15 is 0 Å². The molecule has 1 atom stereocenters. The summed E-state index contributed by atoms with van der Waals surface area (Å²) in [5, 5.41) is 3.40. The van der Waals surface area contributed by atoms with Gasteiger partial charge < -0.3 is 14.6 Å². The Morgan fingerprint density at radius 2 is 1.96 bits per heavy atom. The SMILES string of the molecule is Cc1nccn1-c1ccccc1CNC(=O)[C@H](C)Oc1ccccc1Cl. The first-order valence-corrected chi connectivity index (χ1v) is 8.71. The third-order valence-electron chi connectivity index (χ3n) is 4.04. The zero-order valence-corrected chi connectivity index (χ0v) is 15.4. The van der Waals surface area contributed by atoms with Gasteiger partial charge in [-0.15, -0.1) is 0 Å². The molecule has 1 aromatic heterocycles. The van der Waals surface area contributed by atoms with E-state index in [1.165, 1.54) is 0 Å². The van der Waals surface area contributed by atoms with Crippen LogP contribution in [0.1, 0.15) is 18.3 Å². The van der Waals surface area contributed by atoms with Gasteiger partial charge in [-0.2, -0.15) is 0 Å². The number of imidazole rings is 1. The fourth-order valence-electron chi connectivity index (χ4n) is 2.64. The summed E-state index contributed by atoms with van der Waals surface area (Å²) in [5.74, 6) is 1.17. The molecule has 0 spiro atoms. The van der Waals surface area contributed by atoms with E-state index in [0.717, 1.165) is 17.1 Å². The Hall–Kier alpha value is -2.79. The van der Waals surface area contributed by atoms with Crippen LogP contribution in [0.2, 0.25) is 5.02 Å². The third-order valence-corrected chi connectivity index (χ3v) is 4.35. The quantitative estimate of drug-likeness (QED) is 0.716. The minimum Gasteiger partial charge on any atom is -0.479 e. The summed E-state index contributed by atoms with van der Waals surface area (Å²) in [5.41, 5.74) is 1.98. The van der Waals surface area contributed by atoms with Crippen molar-refractivity contribution in [2.24, 2.45) is 0 Å². The molecule has 26 heavy (non-hydrogen) atoms. The van der Waals surface area contributed by atoms with Crippen LogP contribution in [0.4, 0.5) is 0 Å². The molecule has 0 saturated carbocycles. The molecular weight excluding hydrogens is 350 g/mol. The zero-order chi connectivity index (χ0) is 18.5. The molecule has 0 radical (unpaired) electrons. The molecule has 1 amide bonds. The second-order valence-corrected chi connectivity index (χ2v) is 6.29. The number of rotatable bonds is 6. The highest BCUT2D eigenvalue weighted by Gasteiger charge is 2.16. The van der Waals surface area contributed by atoms with Crippen molar-refractivity contribution in [3.05, 3.63) is 77.3 Å². The van der Waals surface area contributed by atoms with E-state index in [4.69, 9.17) is 16.3 Å². The smallest absolute Gasteiger partial charge is 0.261 e. The van der Waals surface area contributed by atoms with Crippen LogP contribution < -0.4 is 10.1 Å². The lowest BCUT2D eigenvalue weighted by molar-refractivity contribution is -0.127. The molecule has 3 aromatic rings. The molecule has 134 valence electrons. The summed E-state index contributed by atoms with van der Waals surface area (Å²) < 4.78 is 7.65. The number of nitrogens with one attached hydrogen (secondary N) is 1. The molecule has 0 saturated heterocycles. The van der Waals surface area contributed by atoms with Gasteiger partial charge in [-0.1, -0.05) is 41.9 Å². The summed E-state index contributed by atoms with van der Waals surface area (Å²) in [4.78, 5) is 16.7. The Morgan fingerprint density at radius 1 is 1.23 bits per heavy atom. The van der Waals surface area contributed by atoms with Gasteiger partial charge in [0.25, 0.3) is 5.91 Å². The molecule has 6 heteroatoms. The first-order chi connectivity index (χ1) is 12.6. The van der Waals surface area contributed by atoms with Crippen LogP contribution in [0.25, 0.3) is 5.69 Å². The molecule has 5 nitrogen and oxygen atoms in total. The predicted octanol–water partition coefficient (Wildman–Crippen LogP) is 3.92. The molecule has 0 aliphatic rings. The number of hydrogen-bond donors (Lipinski definition) is 1. The lowest BCUT2D eigenvalue weighted by Crippen LogP contribution is -2.36. The Labute approximate surface area is 157 Å². The summed E-state index contributed by atoms with van der Waals surface area (Å²) in [6, 6.07) is 15.0. The van der Waals surface area contributed by atoms with E-state index in [1.54, 1.807) is 25.3 Å². The van der Waals surface area contributed by atoms with Gasteiger partial charge in [-0.3, -0.25) is 4.79 Å². The van der Waals surface area contributed by atoms with Crippen LogP contribution in [0.5, 0.6) is 5.75 Å². The average Bonchev–Trinajstić information content (AvgIpc) is 3.07. The number of hydrogen-bond acceptors (Lipinski definition) is 3. The van der Waals surface area contributed by atoms with Gasteiger partial charge in [-0.05, 0) is 37.6 Å². The van der Waals surface area contributed by atoms with Crippen molar-refractivity contribution in [1.29, 1.82) is 0 Å². The van der Waals surface area contributed by atoms with E-state index in [1.807, 2.05) is 54.1 Å². The number of amides is 1. The fourth-order valence-corrected chi connectivity index (χ4v) is 2.82. The first-order valence-electron chi connectivity index (χ1n) is 8.33. The van der Waals surface area contributed by atoms with Crippen LogP contribution in [0.15, 0.2) is 60.9 Å². The van der Waals surface area contributed by atoms with Crippen molar-refractivity contribution < 1.29 is 9.53 Å². The fraction of sp³-hybridized carbons (Fsp3) is 0.200. The number of carbonyl (C=O) groups is 1. The van der Waals surface area contributed by atoms with E-state index in [9.17, 15) is 4.79 Å². The highest BCUT2D eigenvalue weighted by Crippen LogP contribution is 2.24. The molecular formula is C20H20ClN3O2. The number of aryl methyl sites for hydroxylation is 1. The topological polar surface area (TPSA) is 56.2 Å². The number of halogens is 1. The van der Waals surface area contributed by atoms with E-state index in [0.29, 0.717) is 17.3 Å². The van der Waals surface area contributed by atoms with Gasteiger partial charge in [0.1, 0.15) is 11.6 Å². The lowest BCUT2D eigenvalue weighted by Gasteiger charge is -2.17. The number of carbonyl (C=O) groups excluding carboxylic acids is 1. The Balaban J connectivity index is 1.67. The highest BCUT2D eigenvalue weighted by molar-refractivity contribution is 6.32. The van der Waals surface area contributed by atoms with Crippen molar-refractivity contribution in [2.45, 2.75) is 26.5 Å². The van der Waals surface area contributed by atoms with Crippen molar-refractivity contribution in [2.75, 3.05) is 0 Å². The molecule has 3 rings (SSSR count). The monoisotopic (exact) mass is 369 g/mol. The molecule has 0 aliphatic carbocycles. The van der Waals surface area contributed by atoms with Crippen molar-refractivity contribution in [3.63, 3.8) is 0 Å². The summed E-state index contributed by atoms with van der Waals surface area (Å²) in [6.07, 6.45) is 3.00. The molecule has 0 fully saturated rings. The van der Waals surface area contributed by atoms with Crippen LogP contribution in [-0.4, -0.2) is 21.6 Å². The molecule has 0 unspecified atom stereocenters. The van der Waals surface area contributed by atoms with E-state index < -0.39 is 6.10 Å². The standard InChI is InChI=1S/C20H20ClN3O2/c1-14(26-19-10-6-4-8-17(19)21)20(25)23-13-16-7-3-5-9-18(16)24-12-11-22-15(24)2/h3-12,14H,13H2,1-2H3,(H,23,25)/t14-/m0/s1. The van der Waals surface area contributed by atoms with Gasteiger partial charge in [0.05, 0.1) is 10.7 Å². The van der Waals surface area contributed by atoms with Gasteiger partial charge >= 0.3 is 0 Å². The van der Waals surface area contributed by atoms with Gasteiger partial charge in [-0.25, -0.2) is 4.98 Å². The highest BCUT2D eigenvalue weighted by atomic mass is 35.5. The van der Waals surface area contributed by atoms with Crippen molar-refractivity contribution in [1.82, 2.24) is 14.9 Å². The number of aromatic nitrogens is 2. The maximum Gasteiger partial charge on any atom is 0.261 e. The lowest BCUT2D eigenvalue weighted by atomic mass is 10.1. The molecule has 0 aliphatic heterocycles. The minimum atomic E-state index is -0.656. The number of para-hydroxylation sites is 2. The summed E-state index contributed by atoms with van der Waals surface area (Å²) in [7, 11) is 0. The van der Waals surface area contributed by atoms with Gasteiger partial charge in [0.15, 0.2) is 6.10 Å². The zero-order valence-electron chi connectivity index (χ0n) is 14.6. The maximum atomic E-state index is 12.4. The first kappa shape index (κ1) is 18.0. The van der Waals surface area contributed by atoms with E-state index in [2.05, 4.69) is 10.3 Å². The molecule has 1 N–H and O–H groups in total. The Morgan fingerprint density at radius 3 is 2.69 bits per heavy atom. The Bertz CT molecular complexity index is 907. The third kappa shape index (κ3) is 4.06.